The molecular formula is C54H56Fe3O20+. The molecule has 0 saturated heterocycles. The molecule has 0 fully saturated rings. The minimum Gasteiger partial charge on any atom is -2.00 e. The molecule has 0 aliphatic heterocycles. The number of hydrogen-bond acceptors (Lipinski definition) is 18. The monoisotopic (exact) mass is 1190 g/mol. The fraction of sp³-hybridized carbons (Fsp3) is 0.0926. The Bertz CT molecular complexity index is 1970. The van der Waals surface area contributed by atoms with E-state index in [1.807, 2.05) is 0 Å². The molecule has 23 heteroatoms. The first kappa shape index (κ1) is 88.8. The van der Waals surface area contributed by atoms with E-state index in [0.717, 1.165) is 21.3 Å². The van der Waals surface area contributed by atoms with Gasteiger partial charge in [-0.3, -0.25) is 0 Å². The van der Waals surface area contributed by atoms with Gasteiger partial charge in [-0.05, 0) is 45.9 Å². The first-order valence-corrected chi connectivity index (χ1v) is 20.3. The number of rotatable bonds is 7. The number of hydrogen-bond donors (Lipinski definition) is 3. The third-order valence-corrected chi connectivity index (χ3v) is 7.07. The van der Waals surface area contributed by atoms with Gasteiger partial charge in [-0.1, -0.05) is 212 Å². The molecule has 0 aliphatic rings. The summed E-state index contributed by atoms with van der Waals surface area (Å²) in [5, 5.41) is 100. The average Bonchev–Trinajstić information content (AvgIpc) is 3.43. The van der Waals surface area contributed by atoms with E-state index in [2.05, 4.69) is 0 Å². The Morgan fingerprint density at radius 3 is 0.403 bits per heavy atom. The van der Waals surface area contributed by atoms with Crippen LogP contribution in [0.5, 0.6) is 0 Å². The van der Waals surface area contributed by atoms with Crippen molar-refractivity contribution in [3.8, 4) is 0 Å². The van der Waals surface area contributed by atoms with Crippen LogP contribution in [-0.4, -0.2) is 85.0 Å². The van der Waals surface area contributed by atoms with E-state index in [1.165, 1.54) is 84.9 Å². The van der Waals surface area contributed by atoms with Gasteiger partial charge in [-0.2, -0.15) is 7.11 Å². The molecule has 0 aliphatic carbocycles. The molecule has 0 saturated carbocycles. The van der Waals surface area contributed by atoms with Crippen LogP contribution in [0.25, 0.3) is 0 Å². The maximum Gasteiger partial charge on any atom is 3.00 e. The third-order valence-electron chi connectivity index (χ3n) is 7.07. The summed E-state index contributed by atoms with van der Waals surface area (Å²) in [5.41, 5.74) is 1.54. The van der Waals surface area contributed by atoms with Crippen LogP contribution in [0.2, 0.25) is 0 Å². The van der Waals surface area contributed by atoms with Crippen LogP contribution in [0.15, 0.2) is 212 Å². The number of aliphatic hydroxyl groups excluding tert-OH is 3. The van der Waals surface area contributed by atoms with Crippen molar-refractivity contribution in [1.29, 1.82) is 0 Å². The molecule has 77 heavy (non-hydrogen) atoms. The van der Waals surface area contributed by atoms with Crippen LogP contribution in [0.1, 0.15) is 80.9 Å². The molecule has 0 amide bonds. The third kappa shape index (κ3) is 51.4. The van der Waals surface area contributed by atoms with Crippen molar-refractivity contribution in [2.75, 3.05) is 27.9 Å². The van der Waals surface area contributed by atoms with Gasteiger partial charge >= 0.3 is 52.6 Å². The smallest absolute Gasteiger partial charge is 2.00 e. The second-order valence-corrected chi connectivity index (χ2v) is 11.9. The average molecular weight is 1190 g/mol. The predicted octanol–water partition coefficient (Wildman–Crippen LogP) is -2.39. The van der Waals surface area contributed by atoms with Crippen LogP contribution < -0.4 is 40.9 Å². The summed E-state index contributed by atoms with van der Waals surface area (Å²) in [4.78, 5) is 70.6. The van der Waals surface area contributed by atoms with Crippen LogP contribution in [0.4, 0.5) is 0 Å². The fourth-order valence-corrected chi connectivity index (χ4v) is 4.02. The maximum absolute atomic E-state index is 10.1. The van der Waals surface area contributed by atoms with Crippen molar-refractivity contribution in [2.24, 2.45) is 0 Å². The largest absolute Gasteiger partial charge is 3.00 e. The number of carbonyl (C=O) groups excluding carboxylic acids is 7. The van der Waals surface area contributed by atoms with Crippen molar-refractivity contribution >= 4 is 41.8 Å². The molecule has 3 radical (unpaired) electrons. The van der Waals surface area contributed by atoms with Gasteiger partial charge in [-0.25, -0.2) is 0 Å². The molecule has 0 unspecified atom stereocenters. The Hall–Kier alpha value is -7.85. The normalized spacial score (nSPS) is 7.74. The summed E-state index contributed by atoms with van der Waals surface area (Å²) in [7, 11) is 2.75. The zero-order chi connectivity index (χ0) is 55.5. The zero-order valence-electron chi connectivity index (χ0n) is 42.4. The topological polar surface area (TPSA) is 426 Å². The van der Waals surface area contributed by atoms with Gasteiger partial charge in [0.15, 0.2) is 0 Å². The number of aliphatic hydroxyl groups is 3. The molecule has 7 rings (SSSR count). The Morgan fingerprint density at radius 2 is 0.364 bits per heavy atom. The van der Waals surface area contributed by atoms with Gasteiger partial charge < -0.3 is 101 Å². The van der Waals surface area contributed by atoms with Gasteiger partial charge in [0.1, 0.15) is 0 Å². The Morgan fingerprint density at radius 1 is 0.299 bits per heavy atom. The van der Waals surface area contributed by atoms with E-state index >= 15 is 0 Å². The van der Waals surface area contributed by atoms with Crippen LogP contribution >= 0.6 is 0 Å². The minimum absolute atomic E-state index is 0. The van der Waals surface area contributed by atoms with Gasteiger partial charge in [0.2, 0.25) is 0 Å². The quantitative estimate of drug-likeness (QED) is 0.111. The summed E-state index contributed by atoms with van der Waals surface area (Å²) in [6, 6.07) is 56.4. The molecule has 0 bridgehead atoms. The molecule has 7 aromatic carbocycles. The molecule has 0 spiro atoms. The fourth-order valence-electron chi connectivity index (χ4n) is 4.02. The summed E-state index contributed by atoms with van der Waals surface area (Å²) in [5.74, 6) is -7.90. The summed E-state index contributed by atoms with van der Waals surface area (Å²) in [6.07, 6.45) is 0. The molecule has 0 atom stereocenters. The second kappa shape index (κ2) is 62.4. The van der Waals surface area contributed by atoms with Crippen molar-refractivity contribution in [2.45, 2.75) is 6.92 Å². The summed E-state index contributed by atoms with van der Waals surface area (Å²) < 4.78 is 0. The number of benzene rings is 7. The Kier molecular flexibility index (Phi) is 72.0. The SMILES string of the molecule is CCO.CO.CO.C[O-].O=C([O-])c1ccccc1.O=C([O-])c1ccccc1.O=C([O-])c1ccccc1.O=C([O-])c1ccccc1.O=C([O-])c1ccccc1.O=C([O-])c1ccccc1.O=C([O-])c1ccccc1.[Fe+3].[Fe+3].[Fe+3].[H+].[O-2].[OH3+]. The van der Waals surface area contributed by atoms with Crippen molar-refractivity contribution in [1.82, 2.24) is 0 Å². The zero-order valence-corrected chi connectivity index (χ0v) is 44.7. The molecule has 7 aromatic rings. The molecule has 415 valence electrons. The first-order chi connectivity index (χ1) is 34.5. The summed E-state index contributed by atoms with van der Waals surface area (Å²) in [6.45, 7) is 1.93. The van der Waals surface area contributed by atoms with E-state index < -0.39 is 41.8 Å². The maximum atomic E-state index is 10.1. The van der Waals surface area contributed by atoms with E-state index in [4.69, 9.17) is 20.4 Å². The minimum atomic E-state index is -1.13. The standard InChI is InChI=1S/7C7H6O2.C2H6O.2CH4O.CH3O.3Fe.H2O.O/c7*8-7(9)6-4-2-1-3-5-6;1-2-3;3*1-2;;;;;/h7*1-5H,(H,8,9);3H,2H2,1H3;2*2H,1H3;1H3;;;;1H2;/q;;;;;;;;;;-1;3*+3;;-2/p-5. The number of aromatic carboxylic acids is 7. The van der Waals surface area contributed by atoms with E-state index in [0.29, 0.717) is 0 Å². The first-order valence-electron chi connectivity index (χ1n) is 20.3. The van der Waals surface area contributed by atoms with Gasteiger partial charge in [-0.15, -0.1) is 0 Å². The second-order valence-electron chi connectivity index (χ2n) is 11.9. The van der Waals surface area contributed by atoms with Crippen LogP contribution in [0, 0.1) is 0 Å². The van der Waals surface area contributed by atoms with Crippen LogP contribution in [-0.2, 0) is 62.2 Å². The number of carbonyl (C=O) groups is 7. The van der Waals surface area contributed by atoms with Crippen molar-refractivity contribution < 1.29 is 153 Å². The summed E-state index contributed by atoms with van der Waals surface area (Å²) >= 11 is 0. The van der Waals surface area contributed by atoms with Crippen LogP contribution in [0.3, 0.4) is 0 Å². The number of carboxylic acids is 7. The predicted molar refractivity (Wildman–Crippen MR) is 257 cm³/mol. The molecule has 0 heterocycles. The molecule has 0 aromatic heterocycles. The van der Waals surface area contributed by atoms with Gasteiger partial charge in [0, 0.05) is 20.8 Å². The van der Waals surface area contributed by atoms with Crippen molar-refractivity contribution in [3.05, 3.63) is 251 Å². The molecule has 20 nitrogen and oxygen atoms in total. The van der Waals surface area contributed by atoms with E-state index in [9.17, 15) is 69.3 Å². The Labute approximate surface area is 478 Å². The molecular weight excluding hydrogens is 1140 g/mol. The molecule has 6 N–H and O–H groups in total. The van der Waals surface area contributed by atoms with Gasteiger partial charge in [0.25, 0.3) is 0 Å². The number of carboxylic acid groups (broad SMARTS) is 7. The van der Waals surface area contributed by atoms with Gasteiger partial charge in [0.05, 0.1) is 41.8 Å². The van der Waals surface area contributed by atoms with E-state index in [1.54, 1.807) is 134 Å². The van der Waals surface area contributed by atoms with E-state index in [-0.39, 0.29) is 109 Å². The van der Waals surface area contributed by atoms with Crippen molar-refractivity contribution in [3.63, 3.8) is 0 Å². The Balaban J connectivity index is -0.0000000832.